The average molecular weight is 450 g/mol. The van der Waals surface area contributed by atoms with E-state index in [4.69, 9.17) is 4.74 Å². The lowest BCUT2D eigenvalue weighted by Crippen LogP contribution is -2.45. The number of hydrogen-bond acceptors (Lipinski definition) is 4. The van der Waals surface area contributed by atoms with E-state index in [0.717, 1.165) is 29.8 Å². The molecule has 176 valence electrons. The maximum absolute atomic E-state index is 13.3. The maximum Gasteiger partial charge on any atom is 0.255 e. The van der Waals surface area contributed by atoms with Gasteiger partial charge in [-0.15, -0.1) is 0 Å². The lowest BCUT2D eigenvalue weighted by atomic mass is 9.97. The first-order chi connectivity index (χ1) is 16.0. The van der Waals surface area contributed by atoms with Crippen molar-refractivity contribution in [3.8, 4) is 5.75 Å². The molecule has 1 fully saturated rings. The highest BCUT2D eigenvalue weighted by Gasteiger charge is 2.40. The van der Waals surface area contributed by atoms with E-state index in [1.165, 1.54) is 19.3 Å². The summed E-state index contributed by atoms with van der Waals surface area (Å²) < 4.78 is 5.23. The molecule has 3 atom stereocenters. The van der Waals surface area contributed by atoms with Gasteiger partial charge in [0.05, 0.1) is 7.11 Å². The van der Waals surface area contributed by atoms with Crippen molar-refractivity contribution in [3.05, 3.63) is 65.2 Å². The quantitative estimate of drug-likeness (QED) is 0.615. The van der Waals surface area contributed by atoms with Crippen molar-refractivity contribution >= 4 is 11.8 Å². The zero-order chi connectivity index (χ0) is 23.4. The lowest BCUT2D eigenvalue weighted by molar-refractivity contribution is -0.125. The fraction of sp³-hybridized carbons (Fsp3) is 0.481. The van der Waals surface area contributed by atoms with Gasteiger partial charge in [0.15, 0.2) is 0 Å². The van der Waals surface area contributed by atoms with Crippen LogP contribution in [0.4, 0.5) is 0 Å². The van der Waals surface area contributed by atoms with Gasteiger partial charge >= 0.3 is 0 Å². The van der Waals surface area contributed by atoms with Crippen LogP contribution in [0.1, 0.15) is 67.1 Å². The third-order valence-electron chi connectivity index (χ3n) is 7.09. The summed E-state index contributed by atoms with van der Waals surface area (Å²) in [5.41, 5.74) is 2.36. The summed E-state index contributed by atoms with van der Waals surface area (Å²) >= 11 is 0. The molecule has 33 heavy (non-hydrogen) atoms. The number of hydrogen-bond donors (Lipinski definition) is 1. The van der Waals surface area contributed by atoms with E-state index in [2.05, 4.69) is 24.1 Å². The molecule has 1 saturated heterocycles. The number of likely N-dealkylation sites (tertiary alicyclic amines) is 1. The van der Waals surface area contributed by atoms with Gasteiger partial charge in [-0.3, -0.25) is 14.5 Å². The van der Waals surface area contributed by atoms with Crippen LogP contribution in [0.2, 0.25) is 0 Å². The number of piperidine rings is 1. The summed E-state index contributed by atoms with van der Waals surface area (Å²) in [6.45, 7) is 6.56. The van der Waals surface area contributed by atoms with Gasteiger partial charge in [0, 0.05) is 37.3 Å². The SMILES string of the molecule is COc1ccc(CN2C(=O)c3ccccc3[C@H]2C(=O)NCCCN2[C@H](C)CCC[C@@H]2C)cc1. The normalized spacial score (nSPS) is 22.8. The van der Waals surface area contributed by atoms with Crippen molar-refractivity contribution < 1.29 is 14.3 Å². The van der Waals surface area contributed by atoms with Crippen LogP contribution in [-0.2, 0) is 11.3 Å². The molecule has 2 aliphatic heterocycles. The van der Waals surface area contributed by atoms with Gasteiger partial charge in [-0.2, -0.15) is 0 Å². The van der Waals surface area contributed by atoms with Crippen LogP contribution >= 0.6 is 0 Å². The molecule has 2 heterocycles. The third kappa shape index (κ3) is 5.06. The Morgan fingerprint density at radius 1 is 1.06 bits per heavy atom. The minimum absolute atomic E-state index is 0.0995. The second-order valence-corrected chi connectivity index (χ2v) is 9.28. The molecule has 2 aliphatic rings. The molecule has 0 radical (unpaired) electrons. The molecule has 0 unspecified atom stereocenters. The van der Waals surface area contributed by atoms with E-state index >= 15 is 0 Å². The topological polar surface area (TPSA) is 61.9 Å². The van der Waals surface area contributed by atoms with Gasteiger partial charge in [0.1, 0.15) is 11.8 Å². The van der Waals surface area contributed by atoms with Crippen molar-refractivity contribution in [3.63, 3.8) is 0 Å². The number of nitrogens with one attached hydrogen (secondary N) is 1. The number of nitrogens with zero attached hydrogens (tertiary/aromatic N) is 2. The number of carbonyl (C=O) groups excluding carboxylic acids is 2. The van der Waals surface area contributed by atoms with Crippen LogP contribution in [-0.4, -0.2) is 53.9 Å². The largest absolute Gasteiger partial charge is 0.497 e. The summed E-state index contributed by atoms with van der Waals surface area (Å²) in [5.74, 6) is 0.556. The number of fused-ring (bicyclic) bond motifs is 1. The molecule has 2 aromatic rings. The monoisotopic (exact) mass is 449 g/mol. The molecule has 2 amide bonds. The van der Waals surface area contributed by atoms with Crippen LogP contribution < -0.4 is 10.1 Å². The van der Waals surface area contributed by atoms with Gasteiger partial charge < -0.3 is 15.0 Å². The Hall–Kier alpha value is -2.86. The standard InChI is InChI=1S/C27H35N3O3/c1-19-8-6-9-20(2)29(19)17-7-16-28-26(31)25-23-10-4-5-11-24(23)27(32)30(25)18-21-12-14-22(33-3)15-13-21/h4-5,10-15,19-20,25H,6-9,16-18H2,1-3H3,(H,28,31)/t19-,20+,25-/m0/s1. The van der Waals surface area contributed by atoms with E-state index in [-0.39, 0.29) is 11.8 Å². The summed E-state index contributed by atoms with van der Waals surface area (Å²) in [4.78, 5) is 30.7. The second kappa shape index (κ2) is 10.4. The van der Waals surface area contributed by atoms with Crippen molar-refractivity contribution in [2.24, 2.45) is 0 Å². The van der Waals surface area contributed by atoms with Crippen molar-refractivity contribution in [1.82, 2.24) is 15.1 Å². The first-order valence-electron chi connectivity index (χ1n) is 12.1. The third-order valence-corrected chi connectivity index (χ3v) is 7.09. The molecule has 0 bridgehead atoms. The highest BCUT2D eigenvalue weighted by Crippen LogP contribution is 2.35. The Balaban J connectivity index is 1.42. The van der Waals surface area contributed by atoms with E-state index in [1.54, 1.807) is 12.0 Å². The average Bonchev–Trinajstić information content (AvgIpc) is 3.10. The van der Waals surface area contributed by atoms with Gasteiger partial charge in [-0.25, -0.2) is 0 Å². The van der Waals surface area contributed by atoms with E-state index in [1.807, 2.05) is 48.5 Å². The van der Waals surface area contributed by atoms with E-state index < -0.39 is 6.04 Å². The van der Waals surface area contributed by atoms with Crippen molar-refractivity contribution in [2.75, 3.05) is 20.2 Å². The zero-order valence-electron chi connectivity index (χ0n) is 19.9. The molecule has 2 aromatic carbocycles. The van der Waals surface area contributed by atoms with Crippen LogP contribution in [0.5, 0.6) is 5.75 Å². The molecule has 0 saturated carbocycles. The predicted octanol–water partition coefficient (Wildman–Crippen LogP) is 4.16. The maximum atomic E-state index is 13.3. The number of amides is 2. The van der Waals surface area contributed by atoms with Crippen LogP contribution in [0.25, 0.3) is 0 Å². The molecule has 0 spiro atoms. The number of rotatable bonds is 8. The van der Waals surface area contributed by atoms with Gasteiger partial charge in [0.2, 0.25) is 5.91 Å². The number of methoxy groups -OCH3 is 1. The van der Waals surface area contributed by atoms with E-state index in [0.29, 0.717) is 30.7 Å². The Morgan fingerprint density at radius 2 is 1.76 bits per heavy atom. The molecule has 6 heteroatoms. The Morgan fingerprint density at radius 3 is 2.45 bits per heavy atom. The second-order valence-electron chi connectivity index (χ2n) is 9.28. The van der Waals surface area contributed by atoms with Crippen LogP contribution in [0, 0.1) is 0 Å². The molecular weight excluding hydrogens is 414 g/mol. The Bertz CT molecular complexity index is 965. The van der Waals surface area contributed by atoms with Gasteiger partial charge in [-0.05, 0) is 62.4 Å². The number of benzene rings is 2. The molecule has 6 nitrogen and oxygen atoms in total. The first kappa shape index (κ1) is 23.3. The first-order valence-corrected chi connectivity index (χ1v) is 12.1. The summed E-state index contributed by atoms with van der Waals surface area (Å²) in [6.07, 6.45) is 4.70. The highest BCUT2D eigenvalue weighted by molar-refractivity contribution is 6.04. The predicted molar refractivity (Wildman–Crippen MR) is 129 cm³/mol. The lowest BCUT2D eigenvalue weighted by Gasteiger charge is -2.39. The fourth-order valence-corrected chi connectivity index (χ4v) is 5.23. The van der Waals surface area contributed by atoms with Crippen molar-refractivity contribution in [1.29, 1.82) is 0 Å². The van der Waals surface area contributed by atoms with Crippen molar-refractivity contribution in [2.45, 2.75) is 64.2 Å². The smallest absolute Gasteiger partial charge is 0.255 e. The zero-order valence-corrected chi connectivity index (χ0v) is 19.9. The summed E-state index contributed by atoms with van der Waals surface area (Å²) in [5, 5.41) is 3.11. The summed E-state index contributed by atoms with van der Waals surface area (Å²) in [6, 6.07) is 15.7. The van der Waals surface area contributed by atoms with Gasteiger partial charge in [0.25, 0.3) is 5.91 Å². The Labute approximate surface area is 196 Å². The van der Waals surface area contributed by atoms with Crippen LogP contribution in [0.15, 0.2) is 48.5 Å². The van der Waals surface area contributed by atoms with Gasteiger partial charge in [-0.1, -0.05) is 36.8 Å². The molecule has 4 rings (SSSR count). The molecule has 0 aliphatic carbocycles. The van der Waals surface area contributed by atoms with Crippen LogP contribution in [0.3, 0.4) is 0 Å². The minimum Gasteiger partial charge on any atom is -0.497 e. The summed E-state index contributed by atoms with van der Waals surface area (Å²) in [7, 11) is 1.63. The number of ether oxygens (including phenoxy) is 1. The molecular formula is C27H35N3O3. The molecule has 0 aromatic heterocycles. The fourth-order valence-electron chi connectivity index (χ4n) is 5.23. The highest BCUT2D eigenvalue weighted by atomic mass is 16.5. The minimum atomic E-state index is -0.608. The number of carbonyl (C=O) groups is 2. The Kier molecular flexibility index (Phi) is 7.33. The molecule has 1 N–H and O–H groups in total. The van der Waals surface area contributed by atoms with E-state index in [9.17, 15) is 9.59 Å².